The Hall–Kier alpha value is -3.37. The van der Waals surface area contributed by atoms with Gasteiger partial charge in [0.05, 0.1) is 12.0 Å². The molecule has 45 heavy (non-hydrogen) atoms. The lowest BCUT2D eigenvalue weighted by atomic mass is 9.73. The van der Waals surface area contributed by atoms with Gasteiger partial charge in [-0.25, -0.2) is 0 Å². The predicted octanol–water partition coefficient (Wildman–Crippen LogP) is 8.82. The van der Waals surface area contributed by atoms with E-state index in [1.807, 2.05) is 98.7 Å². The molecule has 5 aliphatic rings. The average molecular weight is 618 g/mol. The van der Waals surface area contributed by atoms with Crippen LogP contribution in [0.4, 0.5) is 11.4 Å². The van der Waals surface area contributed by atoms with Gasteiger partial charge in [0.25, 0.3) is 0 Å². The van der Waals surface area contributed by atoms with Gasteiger partial charge in [0, 0.05) is 17.4 Å². The molecule has 7 nitrogen and oxygen atoms in total. The first kappa shape index (κ1) is 37.8. The summed E-state index contributed by atoms with van der Waals surface area (Å²) in [4.78, 5) is 31.2. The van der Waals surface area contributed by atoms with E-state index in [1.165, 1.54) is 31.4 Å². The van der Waals surface area contributed by atoms with Gasteiger partial charge in [-0.3, -0.25) is 14.5 Å². The summed E-state index contributed by atoms with van der Waals surface area (Å²) in [6, 6.07) is 16.5. The normalized spacial score (nSPS) is 26.8. The number of hydrogen-bond donors (Lipinski definition) is 2. The standard InChI is InChI=1S/C15H17N3O.C15H18N2O.4C2H6/c1-15(13-9-5-6-10-18(13)16-2)11-7-3-4-8-12(11)17-14(15)19;18-14-15(11-5-1-2-6-12(11)16-14)8-10-17-9-4-3-7-13(15)17;4*1-2/h3-4,7-8,13H,5-6,9-10H2,1H3,(H,17,19);1-2,5-6,13H,3-4,7-10H2,(H,16,18);4*1-2H3. The van der Waals surface area contributed by atoms with Crippen LogP contribution in [0.2, 0.25) is 0 Å². The molecular formula is C38H59N5O2. The maximum absolute atomic E-state index is 12.6. The van der Waals surface area contributed by atoms with Crippen molar-refractivity contribution in [3.63, 3.8) is 0 Å². The average Bonchev–Trinajstić information content (AvgIpc) is 3.75. The van der Waals surface area contributed by atoms with Crippen LogP contribution in [0.1, 0.15) is 118 Å². The molecule has 7 heteroatoms. The number of carbonyl (C=O) groups excluding carboxylic acids is 2. The van der Waals surface area contributed by atoms with Crippen LogP contribution in [0.25, 0.3) is 4.95 Å². The zero-order chi connectivity index (χ0) is 33.6. The Kier molecular flexibility index (Phi) is 15.1. The summed E-state index contributed by atoms with van der Waals surface area (Å²) in [6.07, 6.45) is 7.73. The summed E-state index contributed by atoms with van der Waals surface area (Å²) in [6.45, 7) is 28.3. The zero-order valence-corrected chi connectivity index (χ0v) is 29.5. The highest BCUT2D eigenvalue weighted by atomic mass is 16.2. The van der Waals surface area contributed by atoms with Crippen molar-refractivity contribution in [1.29, 1.82) is 0 Å². The number of hydrogen-bond acceptors (Lipinski definition) is 4. The molecule has 3 fully saturated rings. The number of anilines is 2. The Balaban J connectivity index is 0.000000257. The van der Waals surface area contributed by atoms with E-state index in [9.17, 15) is 9.59 Å². The molecule has 2 aromatic carbocycles. The highest BCUT2D eigenvalue weighted by molar-refractivity contribution is 6.07. The van der Waals surface area contributed by atoms with E-state index in [1.54, 1.807) is 5.01 Å². The third kappa shape index (κ3) is 7.07. The molecule has 0 radical (unpaired) electrons. The van der Waals surface area contributed by atoms with Crippen molar-refractivity contribution in [2.75, 3.05) is 30.3 Å². The topological polar surface area (TPSA) is 69.0 Å². The number of rotatable bonds is 1. The molecule has 248 valence electrons. The fraction of sp³-hybridized carbons (Fsp3) is 0.605. The van der Waals surface area contributed by atoms with Crippen molar-refractivity contribution in [3.8, 4) is 0 Å². The second-order valence-corrected chi connectivity index (χ2v) is 11.2. The lowest BCUT2D eigenvalue weighted by molar-refractivity contribution is -0.123. The highest BCUT2D eigenvalue weighted by Crippen LogP contribution is 2.50. The minimum Gasteiger partial charge on any atom is -0.325 e. The summed E-state index contributed by atoms with van der Waals surface area (Å²) >= 11 is 0. The summed E-state index contributed by atoms with van der Waals surface area (Å²) in [7, 11) is 0. The van der Waals surface area contributed by atoms with Gasteiger partial charge in [0.2, 0.25) is 11.8 Å². The number of amides is 2. The zero-order valence-electron chi connectivity index (χ0n) is 29.5. The van der Waals surface area contributed by atoms with Gasteiger partial charge in [0.1, 0.15) is 11.5 Å². The maximum atomic E-state index is 12.6. The van der Waals surface area contributed by atoms with Crippen LogP contribution in [0.3, 0.4) is 0 Å². The molecule has 5 heterocycles. The molecule has 2 amide bonds. The van der Waals surface area contributed by atoms with E-state index in [2.05, 4.69) is 32.6 Å². The molecule has 4 unspecified atom stereocenters. The van der Waals surface area contributed by atoms with Crippen molar-refractivity contribution in [3.05, 3.63) is 71.2 Å². The minimum absolute atomic E-state index is 0.0225. The van der Waals surface area contributed by atoms with Crippen molar-refractivity contribution >= 4 is 23.2 Å². The van der Waals surface area contributed by atoms with Crippen LogP contribution in [-0.4, -0.2) is 53.4 Å². The van der Waals surface area contributed by atoms with Gasteiger partial charge in [-0.1, -0.05) is 98.2 Å². The number of nitrogens with one attached hydrogen (secondary N) is 2. The number of piperidine rings is 2. The molecular weight excluding hydrogens is 558 g/mol. The fourth-order valence-electron chi connectivity index (χ4n) is 7.59. The molecule has 0 bridgehead atoms. The van der Waals surface area contributed by atoms with Crippen LogP contribution in [0.15, 0.2) is 48.5 Å². The first-order valence-electron chi connectivity index (χ1n) is 17.7. The van der Waals surface area contributed by atoms with Gasteiger partial charge in [-0.15, -0.1) is 5.01 Å². The van der Waals surface area contributed by atoms with Gasteiger partial charge < -0.3 is 10.6 Å². The van der Waals surface area contributed by atoms with Gasteiger partial charge in [0.15, 0.2) is 0 Å². The smallest absolute Gasteiger partial charge is 0.237 e. The second-order valence-electron chi connectivity index (χ2n) is 11.2. The fourth-order valence-corrected chi connectivity index (χ4v) is 7.59. The van der Waals surface area contributed by atoms with E-state index < -0.39 is 5.41 Å². The molecule has 0 saturated carbocycles. The van der Waals surface area contributed by atoms with Crippen LogP contribution in [-0.2, 0) is 20.4 Å². The number of para-hydroxylation sites is 2. The Morgan fingerprint density at radius 3 is 1.82 bits per heavy atom. The quantitative estimate of drug-likeness (QED) is 0.314. The van der Waals surface area contributed by atoms with E-state index in [-0.39, 0.29) is 23.3 Å². The van der Waals surface area contributed by atoms with Crippen LogP contribution < -0.4 is 10.6 Å². The summed E-state index contributed by atoms with van der Waals surface area (Å²) in [5.41, 5.74) is 3.34. The van der Waals surface area contributed by atoms with E-state index in [4.69, 9.17) is 6.57 Å². The molecule has 0 aromatic heterocycles. The maximum Gasteiger partial charge on any atom is 0.237 e. The van der Waals surface area contributed by atoms with Crippen LogP contribution in [0, 0.1) is 6.57 Å². The van der Waals surface area contributed by atoms with Crippen molar-refractivity contribution in [1.82, 2.24) is 9.91 Å². The Morgan fingerprint density at radius 2 is 1.20 bits per heavy atom. The number of benzene rings is 2. The van der Waals surface area contributed by atoms with E-state index >= 15 is 0 Å². The van der Waals surface area contributed by atoms with Gasteiger partial charge >= 0.3 is 0 Å². The monoisotopic (exact) mass is 617 g/mol. The number of carbonyl (C=O) groups is 2. The molecule has 2 N–H and O–H groups in total. The van der Waals surface area contributed by atoms with E-state index in [0.717, 1.165) is 55.7 Å². The molecule has 7 rings (SSSR count). The molecule has 3 saturated heterocycles. The second kappa shape index (κ2) is 17.9. The van der Waals surface area contributed by atoms with Crippen molar-refractivity contribution < 1.29 is 9.59 Å². The molecule has 1 spiro atoms. The highest BCUT2D eigenvalue weighted by Gasteiger charge is 2.57. The largest absolute Gasteiger partial charge is 0.325 e. The van der Waals surface area contributed by atoms with Crippen molar-refractivity contribution in [2.24, 2.45) is 0 Å². The lowest BCUT2D eigenvalue weighted by Crippen LogP contribution is -2.52. The SMILES string of the molecule is CC.CC.CC.CC.O=C1Nc2ccccc2C12CCN1CCCCC12.[C-]#[N+]N1CCCCC1C1(C)C(=O)Nc2ccccc21. The van der Waals surface area contributed by atoms with Crippen LogP contribution >= 0.6 is 0 Å². The third-order valence-electron chi connectivity index (χ3n) is 9.51. The van der Waals surface area contributed by atoms with Crippen molar-refractivity contribution in [2.45, 2.75) is 130 Å². The lowest BCUT2D eigenvalue weighted by Gasteiger charge is -2.37. The summed E-state index contributed by atoms with van der Waals surface area (Å²) in [5.74, 6) is 0.257. The Morgan fingerprint density at radius 1 is 0.689 bits per heavy atom. The molecule has 0 aliphatic carbocycles. The summed E-state index contributed by atoms with van der Waals surface area (Å²) < 4.78 is 0. The van der Waals surface area contributed by atoms with Crippen LogP contribution in [0.5, 0.6) is 0 Å². The summed E-state index contributed by atoms with van der Waals surface area (Å²) in [5, 5.41) is 7.83. The first-order chi connectivity index (χ1) is 22.0. The Bertz CT molecular complexity index is 1270. The minimum atomic E-state index is -0.610. The number of nitrogens with zero attached hydrogens (tertiary/aromatic N) is 3. The van der Waals surface area contributed by atoms with Gasteiger partial charge in [-0.2, -0.15) is 11.5 Å². The number of fused-ring (bicyclic) bond motifs is 5. The third-order valence-corrected chi connectivity index (χ3v) is 9.51. The molecule has 2 aromatic rings. The molecule has 5 aliphatic heterocycles. The molecule has 4 atom stereocenters. The van der Waals surface area contributed by atoms with Gasteiger partial charge in [-0.05, 0) is 81.8 Å². The first-order valence-corrected chi connectivity index (χ1v) is 17.7. The van der Waals surface area contributed by atoms with E-state index in [0.29, 0.717) is 6.04 Å². The Labute approximate surface area is 273 Å². The predicted molar refractivity (Wildman–Crippen MR) is 189 cm³/mol.